The van der Waals surface area contributed by atoms with Crippen LogP contribution < -0.4 is 4.74 Å². The van der Waals surface area contributed by atoms with E-state index in [0.29, 0.717) is 17.2 Å². The van der Waals surface area contributed by atoms with E-state index in [4.69, 9.17) is 9.84 Å². The second kappa shape index (κ2) is 5.73. The summed E-state index contributed by atoms with van der Waals surface area (Å²) in [6, 6.07) is 4.82. The number of amides is 1. The lowest BCUT2D eigenvalue weighted by molar-refractivity contribution is -0.146. The lowest BCUT2D eigenvalue weighted by Crippen LogP contribution is -2.43. The van der Waals surface area contributed by atoms with Crippen LogP contribution in [0.5, 0.6) is 5.75 Å². The van der Waals surface area contributed by atoms with E-state index in [2.05, 4.69) is 15.9 Å². The van der Waals surface area contributed by atoms with Crippen LogP contribution in [-0.4, -0.2) is 46.2 Å². The van der Waals surface area contributed by atoms with Crippen LogP contribution in [-0.2, 0) is 9.59 Å². The van der Waals surface area contributed by atoms with Crippen molar-refractivity contribution in [1.29, 1.82) is 0 Å². The van der Waals surface area contributed by atoms with Crippen LogP contribution in [0, 0.1) is 0 Å². The molecule has 1 aromatic rings. The summed E-state index contributed by atoms with van der Waals surface area (Å²) < 4.78 is 6.47. The summed E-state index contributed by atoms with van der Waals surface area (Å²) in [7, 11) is 0. The smallest absolute Gasteiger partial charge is 0.327 e. The molecule has 7 heteroatoms. The van der Waals surface area contributed by atoms with Crippen molar-refractivity contribution in [3.63, 3.8) is 0 Å². The van der Waals surface area contributed by atoms with Crippen molar-refractivity contribution in [1.82, 2.24) is 4.90 Å². The number of nitrogens with zero attached hydrogens (tertiary/aromatic N) is 1. The lowest BCUT2D eigenvalue weighted by Gasteiger charge is -2.24. The molecule has 1 fully saturated rings. The maximum atomic E-state index is 12.5. The normalized spacial score (nSPS) is 20.5. The molecule has 1 amide bonds. The fraction of sp³-hybridized carbons (Fsp3) is 0.286. The molecule has 0 saturated carbocycles. The number of halogens is 1. The van der Waals surface area contributed by atoms with E-state index in [9.17, 15) is 9.59 Å². The van der Waals surface area contributed by atoms with Crippen molar-refractivity contribution in [2.75, 3.05) is 18.2 Å². The minimum atomic E-state index is -0.964. The fourth-order valence-electron chi connectivity index (χ4n) is 2.30. The average Bonchev–Trinajstić information content (AvgIpc) is 2.95. The maximum absolute atomic E-state index is 12.5. The Morgan fingerprint density at radius 1 is 1.43 bits per heavy atom. The van der Waals surface area contributed by atoms with Gasteiger partial charge < -0.3 is 14.7 Å². The molecule has 0 radical (unpaired) electrons. The van der Waals surface area contributed by atoms with Gasteiger partial charge in [0.15, 0.2) is 0 Å². The Morgan fingerprint density at radius 2 is 2.24 bits per heavy atom. The molecule has 1 saturated heterocycles. The van der Waals surface area contributed by atoms with Gasteiger partial charge in [-0.25, -0.2) is 4.79 Å². The first kappa shape index (κ1) is 14.5. The van der Waals surface area contributed by atoms with Crippen molar-refractivity contribution in [2.45, 2.75) is 6.04 Å². The molecular weight excluding hydrogens is 358 g/mol. The van der Waals surface area contributed by atoms with Crippen LogP contribution in [0.15, 0.2) is 28.2 Å². The van der Waals surface area contributed by atoms with E-state index < -0.39 is 12.0 Å². The van der Waals surface area contributed by atoms with Gasteiger partial charge in [0.05, 0.1) is 11.4 Å². The fourth-order valence-corrected chi connectivity index (χ4v) is 3.83. The third-order valence-electron chi connectivity index (χ3n) is 3.39. The summed E-state index contributed by atoms with van der Waals surface area (Å²) in [4.78, 5) is 25.1. The summed E-state index contributed by atoms with van der Waals surface area (Å²) >= 11 is 4.83. The Balaban J connectivity index is 1.87. The van der Waals surface area contributed by atoms with Crippen molar-refractivity contribution in [2.24, 2.45) is 0 Å². The number of thioether (sulfide) groups is 1. The predicted octanol–water partition coefficient (Wildman–Crippen LogP) is 2.21. The highest BCUT2D eigenvalue weighted by molar-refractivity contribution is 9.10. The van der Waals surface area contributed by atoms with Crippen LogP contribution in [0.25, 0.3) is 6.08 Å². The molecule has 1 aromatic carbocycles. The number of hydrogen-bond donors (Lipinski definition) is 1. The highest BCUT2D eigenvalue weighted by Gasteiger charge is 2.36. The summed E-state index contributed by atoms with van der Waals surface area (Å²) in [6.45, 7) is 0.168. The first-order chi connectivity index (χ1) is 10.1. The number of benzene rings is 1. The number of rotatable bonds is 2. The molecule has 2 aliphatic heterocycles. The molecule has 0 bridgehead atoms. The summed E-state index contributed by atoms with van der Waals surface area (Å²) in [6.07, 6.45) is 1.77. The van der Waals surface area contributed by atoms with Crippen LogP contribution in [0.2, 0.25) is 0 Å². The van der Waals surface area contributed by atoms with Crippen LogP contribution in [0.4, 0.5) is 0 Å². The number of carboxylic acids is 1. The molecule has 0 aromatic heterocycles. The lowest BCUT2D eigenvalue weighted by atomic mass is 10.1. The first-order valence-electron chi connectivity index (χ1n) is 6.30. The van der Waals surface area contributed by atoms with Crippen molar-refractivity contribution < 1.29 is 19.4 Å². The minimum Gasteiger partial charge on any atom is -0.488 e. The quantitative estimate of drug-likeness (QED) is 0.865. The van der Waals surface area contributed by atoms with E-state index in [1.165, 1.54) is 16.7 Å². The number of carbonyl (C=O) groups excluding carboxylic acids is 1. The second-order valence-corrected chi connectivity index (χ2v) is 6.68. The van der Waals surface area contributed by atoms with Gasteiger partial charge in [-0.3, -0.25) is 4.79 Å². The van der Waals surface area contributed by atoms with Gasteiger partial charge in [0.1, 0.15) is 18.4 Å². The van der Waals surface area contributed by atoms with E-state index in [-0.39, 0.29) is 12.5 Å². The van der Waals surface area contributed by atoms with Gasteiger partial charge in [0.25, 0.3) is 5.91 Å². The molecule has 5 nitrogen and oxygen atoms in total. The SMILES string of the molecule is O=C(O)[C@@H]1CSCN1C(=O)C1=Cc2cc(Br)ccc2OC1. The topological polar surface area (TPSA) is 66.8 Å². The molecule has 0 unspecified atom stereocenters. The Morgan fingerprint density at radius 3 is 3.00 bits per heavy atom. The highest BCUT2D eigenvalue weighted by atomic mass is 79.9. The summed E-state index contributed by atoms with van der Waals surface area (Å²) in [5.41, 5.74) is 1.30. The van der Waals surface area contributed by atoms with E-state index in [1.807, 2.05) is 18.2 Å². The number of aliphatic carboxylic acids is 1. The zero-order chi connectivity index (χ0) is 15.0. The Bertz CT molecular complexity index is 646. The zero-order valence-corrected chi connectivity index (χ0v) is 13.3. The van der Waals surface area contributed by atoms with Crippen LogP contribution in [0.1, 0.15) is 5.56 Å². The predicted molar refractivity (Wildman–Crippen MR) is 83.2 cm³/mol. The van der Waals surface area contributed by atoms with Gasteiger partial charge in [-0.05, 0) is 24.3 Å². The van der Waals surface area contributed by atoms with Crippen LogP contribution >= 0.6 is 27.7 Å². The standard InChI is InChI=1S/C14H12BrNO4S/c15-10-1-2-12-8(4-10)3-9(5-20-12)13(17)16-7-21-6-11(16)14(18)19/h1-4,11H,5-7H2,(H,18,19)/t11-/m0/s1. The Kier molecular flexibility index (Phi) is 3.95. The zero-order valence-electron chi connectivity index (χ0n) is 10.9. The van der Waals surface area contributed by atoms with Crippen molar-refractivity contribution >= 4 is 45.6 Å². The van der Waals surface area contributed by atoms with Gasteiger partial charge in [-0.15, -0.1) is 11.8 Å². The van der Waals surface area contributed by atoms with E-state index in [1.54, 1.807) is 6.08 Å². The second-order valence-electron chi connectivity index (χ2n) is 4.77. The average molecular weight is 370 g/mol. The number of ether oxygens (including phenoxy) is 1. The van der Waals surface area contributed by atoms with Crippen LogP contribution in [0.3, 0.4) is 0 Å². The molecule has 21 heavy (non-hydrogen) atoms. The maximum Gasteiger partial charge on any atom is 0.327 e. The molecule has 1 atom stereocenters. The molecule has 1 N–H and O–H groups in total. The number of fused-ring (bicyclic) bond motifs is 1. The minimum absolute atomic E-state index is 0.168. The molecular formula is C14H12BrNO4S. The molecule has 0 spiro atoms. The summed E-state index contributed by atoms with van der Waals surface area (Å²) in [5, 5.41) is 9.16. The molecule has 2 heterocycles. The van der Waals surface area contributed by atoms with Crippen molar-refractivity contribution in [3.05, 3.63) is 33.8 Å². The van der Waals surface area contributed by atoms with E-state index in [0.717, 1.165) is 15.8 Å². The van der Waals surface area contributed by atoms with Crippen molar-refractivity contribution in [3.8, 4) is 5.75 Å². The van der Waals surface area contributed by atoms with Gasteiger partial charge >= 0.3 is 5.97 Å². The van der Waals surface area contributed by atoms with Gasteiger partial charge in [0.2, 0.25) is 0 Å². The first-order valence-corrected chi connectivity index (χ1v) is 8.25. The Hall–Kier alpha value is -1.47. The van der Waals surface area contributed by atoms with E-state index >= 15 is 0 Å². The number of carboxylic acid groups (broad SMARTS) is 1. The van der Waals surface area contributed by atoms with Gasteiger partial charge in [-0.2, -0.15) is 0 Å². The van der Waals surface area contributed by atoms with Gasteiger partial charge in [0, 0.05) is 15.8 Å². The molecule has 3 rings (SSSR count). The number of hydrogen-bond acceptors (Lipinski definition) is 4. The third kappa shape index (κ3) is 2.80. The molecule has 110 valence electrons. The Labute approximate surface area is 134 Å². The monoisotopic (exact) mass is 369 g/mol. The molecule has 2 aliphatic rings. The number of carbonyl (C=O) groups is 2. The third-order valence-corrected chi connectivity index (χ3v) is 4.89. The molecule has 0 aliphatic carbocycles. The summed E-state index contributed by atoms with van der Waals surface area (Å²) in [5.74, 6) is 0.322. The highest BCUT2D eigenvalue weighted by Crippen LogP contribution is 2.31. The largest absolute Gasteiger partial charge is 0.488 e. The van der Waals surface area contributed by atoms with Gasteiger partial charge in [-0.1, -0.05) is 15.9 Å².